The van der Waals surface area contributed by atoms with Crippen LogP contribution in [0.15, 0.2) is 30.6 Å². The van der Waals surface area contributed by atoms with E-state index in [-0.39, 0.29) is 17.6 Å². The molecule has 1 atom stereocenters. The number of amides is 1. The van der Waals surface area contributed by atoms with E-state index in [1.807, 2.05) is 6.92 Å². The van der Waals surface area contributed by atoms with Crippen LogP contribution in [0.3, 0.4) is 0 Å². The Morgan fingerprint density at radius 1 is 1.30 bits per heavy atom. The number of hydrogen-bond donors (Lipinski definition) is 2. The van der Waals surface area contributed by atoms with Gasteiger partial charge in [-0.15, -0.1) is 0 Å². The second-order valence-electron chi connectivity index (χ2n) is 7.97. The fraction of sp³-hybridized carbons (Fsp3) is 0.381. The number of pyridine rings is 1. The minimum Gasteiger partial charge on any atom is -0.377 e. The standard InChI is InChI=1S/C21H24N6O3/c1-12-11-30-9-8-27(12)16-10-15(21(2,3)20(22)29)25-19(26-16)17(28)13-4-6-23-18-14(13)5-7-24-18/h4-7,10,12H,8-9,11H2,1-3H3,(H2,22,29)(H,23,24)/t12-/m1/s1. The third kappa shape index (κ3) is 3.41. The van der Waals surface area contributed by atoms with Crippen LogP contribution in [0.4, 0.5) is 5.82 Å². The molecule has 1 amide bonds. The van der Waals surface area contributed by atoms with Crippen molar-refractivity contribution in [2.45, 2.75) is 32.2 Å². The van der Waals surface area contributed by atoms with Crippen molar-refractivity contribution in [2.75, 3.05) is 24.7 Å². The van der Waals surface area contributed by atoms with Gasteiger partial charge in [-0.3, -0.25) is 9.59 Å². The first-order valence-electron chi connectivity index (χ1n) is 9.79. The normalized spacial score (nSPS) is 17.3. The lowest BCUT2D eigenvalue weighted by molar-refractivity contribution is -0.122. The number of primary amides is 1. The number of morpholine rings is 1. The van der Waals surface area contributed by atoms with Gasteiger partial charge in [0.15, 0.2) is 0 Å². The average molecular weight is 408 g/mol. The summed E-state index contributed by atoms with van der Waals surface area (Å²) >= 11 is 0. The van der Waals surface area contributed by atoms with Crippen molar-refractivity contribution >= 4 is 28.5 Å². The van der Waals surface area contributed by atoms with Crippen LogP contribution in [-0.4, -0.2) is 57.4 Å². The van der Waals surface area contributed by atoms with Gasteiger partial charge in [0.2, 0.25) is 17.5 Å². The van der Waals surface area contributed by atoms with Gasteiger partial charge in [0, 0.05) is 36.0 Å². The van der Waals surface area contributed by atoms with E-state index < -0.39 is 11.3 Å². The predicted octanol–water partition coefficient (Wildman–Crippen LogP) is 1.57. The lowest BCUT2D eigenvalue weighted by Gasteiger charge is -2.35. The van der Waals surface area contributed by atoms with Crippen molar-refractivity contribution in [3.8, 4) is 0 Å². The number of rotatable bonds is 5. The number of H-pyrrole nitrogens is 1. The maximum Gasteiger partial charge on any atom is 0.231 e. The Morgan fingerprint density at radius 3 is 2.83 bits per heavy atom. The summed E-state index contributed by atoms with van der Waals surface area (Å²) in [6, 6.07) is 5.24. The third-order valence-electron chi connectivity index (χ3n) is 5.54. The van der Waals surface area contributed by atoms with Gasteiger partial charge in [-0.25, -0.2) is 15.0 Å². The fourth-order valence-electron chi connectivity index (χ4n) is 3.48. The topological polar surface area (TPSA) is 127 Å². The number of nitrogens with two attached hydrogens (primary N) is 1. The number of aromatic nitrogens is 4. The number of nitrogens with one attached hydrogen (secondary N) is 1. The zero-order valence-electron chi connectivity index (χ0n) is 17.2. The predicted molar refractivity (Wildman–Crippen MR) is 111 cm³/mol. The SMILES string of the molecule is C[C@@H]1COCCN1c1cc(C(C)(C)C(N)=O)nc(C(=O)c2ccnc3[nH]ccc23)n1. The molecule has 1 fully saturated rings. The van der Waals surface area contributed by atoms with Crippen molar-refractivity contribution in [1.82, 2.24) is 19.9 Å². The van der Waals surface area contributed by atoms with E-state index >= 15 is 0 Å². The van der Waals surface area contributed by atoms with Crippen molar-refractivity contribution in [2.24, 2.45) is 5.73 Å². The molecule has 0 spiro atoms. The third-order valence-corrected chi connectivity index (χ3v) is 5.54. The Labute approximate surface area is 173 Å². The van der Waals surface area contributed by atoms with E-state index in [1.165, 1.54) is 0 Å². The molecule has 9 heteroatoms. The maximum absolute atomic E-state index is 13.4. The summed E-state index contributed by atoms with van der Waals surface area (Å²) in [5.41, 5.74) is 6.01. The smallest absolute Gasteiger partial charge is 0.231 e. The number of anilines is 1. The van der Waals surface area contributed by atoms with Crippen molar-refractivity contribution in [1.29, 1.82) is 0 Å². The number of carbonyl (C=O) groups is 2. The molecule has 4 rings (SSSR count). The molecular weight excluding hydrogens is 384 g/mol. The van der Waals surface area contributed by atoms with E-state index in [9.17, 15) is 9.59 Å². The number of ketones is 1. The average Bonchev–Trinajstić information content (AvgIpc) is 3.22. The van der Waals surface area contributed by atoms with Crippen LogP contribution in [-0.2, 0) is 14.9 Å². The van der Waals surface area contributed by atoms with E-state index in [4.69, 9.17) is 10.5 Å². The quantitative estimate of drug-likeness (QED) is 0.614. The zero-order chi connectivity index (χ0) is 21.5. The summed E-state index contributed by atoms with van der Waals surface area (Å²) in [5.74, 6) is -0.277. The molecule has 156 valence electrons. The zero-order valence-corrected chi connectivity index (χ0v) is 17.2. The van der Waals surface area contributed by atoms with Crippen LogP contribution < -0.4 is 10.6 Å². The van der Waals surface area contributed by atoms with Crippen LogP contribution in [0.25, 0.3) is 11.0 Å². The first-order chi connectivity index (χ1) is 14.3. The fourth-order valence-corrected chi connectivity index (χ4v) is 3.48. The number of hydrogen-bond acceptors (Lipinski definition) is 7. The molecular formula is C21H24N6O3. The van der Waals surface area contributed by atoms with Crippen LogP contribution in [0.5, 0.6) is 0 Å². The Balaban J connectivity index is 1.86. The molecule has 0 saturated carbocycles. The van der Waals surface area contributed by atoms with Crippen LogP contribution >= 0.6 is 0 Å². The highest BCUT2D eigenvalue weighted by atomic mass is 16.5. The van der Waals surface area contributed by atoms with Gasteiger partial charge in [-0.05, 0) is 32.9 Å². The molecule has 1 saturated heterocycles. The van der Waals surface area contributed by atoms with Gasteiger partial charge in [0.1, 0.15) is 11.5 Å². The number of ether oxygens (including phenoxy) is 1. The molecule has 4 heterocycles. The monoisotopic (exact) mass is 408 g/mol. The molecule has 3 aromatic heterocycles. The van der Waals surface area contributed by atoms with Crippen LogP contribution in [0.1, 0.15) is 42.6 Å². The molecule has 1 aliphatic rings. The first kappa shape index (κ1) is 20.0. The lowest BCUT2D eigenvalue weighted by atomic mass is 9.88. The second-order valence-corrected chi connectivity index (χ2v) is 7.97. The Hall–Kier alpha value is -3.33. The molecule has 0 unspecified atom stereocenters. The first-order valence-corrected chi connectivity index (χ1v) is 9.79. The Morgan fingerprint density at radius 2 is 2.10 bits per heavy atom. The molecule has 0 bridgehead atoms. The van der Waals surface area contributed by atoms with Gasteiger partial charge in [-0.1, -0.05) is 0 Å². The summed E-state index contributed by atoms with van der Waals surface area (Å²) in [7, 11) is 0. The lowest BCUT2D eigenvalue weighted by Crippen LogP contribution is -2.45. The number of nitrogens with zero attached hydrogens (tertiary/aromatic N) is 4. The summed E-state index contributed by atoms with van der Waals surface area (Å²) < 4.78 is 5.52. The highest BCUT2D eigenvalue weighted by molar-refractivity contribution is 6.14. The summed E-state index contributed by atoms with van der Waals surface area (Å²) in [6.07, 6.45) is 3.29. The van der Waals surface area contributed by atoms with E-state index in [0.717, 1.165) is 0 Å². The highest BCUT2D eigenvalue weighted by Gasteiger charge is 2.33. The van der Waals surface area contributed by atoms with Gasteiger partial charge in [-0.2, -0.15) is 0 Å². The Bertz CT molecular complexity index is 1120. The minimum atomic E-state index is -1.07. The van der Waals surface area contributed by atoms with E-state index in [1.54, 1.807) is 44.4 Å². The molecule has 30 heavy (non-hydrogen) atoms. The highest BCUT2D eigenvalue weighted by Crippen LogP contribution is 2.27. The molecule has 0 aliphatic carbocycles. The number of aromatic amines is 1. The van der Waals surface area contributed by atoms with Gasteiger partial charge >= 0.3 is 0 Å². The number of fused-ring (bicyclic) bond motifs is 1. The van der Waals surface area contributed by atoms with Gasteiger partial charge in [0.05, 0.1) is 30.4 Å². The summed E-state index contributed by atoms with van der Waals surface area (Å²) in [5, 5.41) is 0.687. The minimum absolute atomic E-state index is 0.0178. The molecule has 9 nitrogen and oxygen atoms in total. The summed E-state index contributed by atoms with van der Waals surface area (Å²) in [4.78, 5) is 43.8. The second kappa shape index (κ2) is 7.49. The largest absolute Gasteiger partial charge is 0.377 e. The molecule has 0 aromatic carbocycles. The Kier molecular flexibility index (Phi) is 4.98. The maximum atomic E-state index is 13.4. The molecule has 1 aliphatic heterocycles. The van der Waals surface area contributed by atoms with E-state index in [0.29, 0.717) is 47.9 Å². The van der Waals surface area contributed by atoms with Crippen molar-refractivity contribution in [3.63, 3.8) is 0 Å². The number of carbonyl (C=O) groups excluding carboxylic acids is 2. The molecule has 3 N–H and O–H groups in total. The van der Waals surface area contributed by atoms with Crippen molar-refractivity contribution in [3.05, 3.63) is 47.7 Å². The van der Waals surface area contributed by atoms with Crippen LogP contribution in [0, 0.1) is 0 Å². The van der Waals surface area contributed by atoms with Gasteiger partial charge in [0.25, 0.3) is 0 Å². The van der Waals surface area contributed by atoms with Crippen LogP contribution in [0.2, 0.25) is 0 Å². The summed E-state index contributed by atoms with van der Waals surface area (Å²) in [6.45, 7) is 7.13. The van der Waals surface area contributed by atoms with E-state index in [2.05, 4.69) is 24.8 Å². The molecule has 0 radical (unpaired) electrons. The van der Waals surface area contributed by atoms with Crippen molar-refractivity contribution < 1.29 is 14.3 Å². The molecule has 3 aromatic rings. The van der Waals surface area contributed by atoms with Gasteiger partial charge < -0.3 is 20.4 Å².